The molecule has 2 aromatic carbocycles. The summed E-state index contributed by atoms with van der Waals surface area (Å²) in [6.45, 7) is 4.24. The van der Waals surface area contributed by atoms with Gasteiger partial charge in [-0.3, -0.25) is 0 Å². The number of anilines is 1. The molecule has 0 aliphatic carbocycles. The molecule has 25 heavy (non-hydrogen) atoms. The van der Waals surface area contributed by atoms with Crippen molar-refractivity contribution in [3.8, 4) is 0 Å². The van der Waals surface area contributed by atoms with E-state index in [1.54, 1.807) is 0 Å². The molecule has 0 radical (unpaired) electrons. The van der Waals surface area contributed by atoms with Gasteiger partial charge in [-0.05, 0) is 36.8 Å². The van der Waals surface area contributed by atoms with Crippen molar-refractivity contribution in [2.45, 2.75) is 19.7 Å². The lowest BCUT2D eigenvalue weighted by atomic mass is 10.2. The van der Waals surface area contributed by atoms with Gasteiger partial charge >= 0.3 is 0 Å². The molecule has 128 valence electrons. The second-order valence-corrected chi connectivity index (χ2v) is 6.66. The Morgan fingerprint density at radius 3 is 2.84 bits per heavy atom. The van der Waals surface area contributed by atoms with Crippen LogP contribution in [0.1, 0.15) is 23.0 Å². The fourth-order valence-corrected chi connectivity index (χ4v) is 3.25. The van der Waals surface area contributed by atoms with Crippen molar-refractivity contribution in [3.05, 3.63) is 76.6 Å². The van der Waals surface area contributed by atoms with Crippen LogP contribution in [0.5, 0.6) is 0 Å². The van der Waals surface area contributed by atoms with Crippen LogP contribution in [-0.4, -0.2) is 28.1 Å². The highest BCUT2D eigenvalue weighted by Gasteiger charge is 2.29. The zero-order valence-electron chi connectivity index (χ0n) is 14.0. The van der Waals surface area contributed by atoms with Gasteiger partial charge in [0.15, 0.2) is 6.23 Å². The van der Waals surface area contributed by atoms with Crippen molar-refractivity contribution in [1.82, 2.24) is 15.0 Å². The Kier molecular flexibility index (Phi) is 4.42. The Morgan fingerprint density at radius 2 is 2.04 bits per heavy atom. The van der Waals surface area contributed by atoms with Crippen molar-refractivity contribution in [2.75, 3.05) is 18.1 Å². The molecule has 1 fully saturated rings. The predicted octanol–water partition coefficient (Wildman–Crippen LogP) is 3.82. The third-order valence-corrected chi connectivity index (χ3v) is 4.53. The molecular weight excluding hydrogens is 336 g/mol. The molecule has 1 aliphatic heterocycles. The number of benzene rings is 2. The molecule has 2 heterocycles. The maximum atomic E-state index is 6.05. The molecule has 0 N–H and O–H groups in total. The number of aromatic nitrogens is 3. The van der Waals surface area contributed by atoms with E-state index in [1.807, 2.05) is 35.1 Å². The first-order valence-corrected chi connectivity index (χ1v) is 8.66. The fourth-order valence-electron chi connectivity index (χ4n) is 3.04. The molecule has 0 spiro atoms. The van der Waals surface area contributed by atoms with Crippen LogP contribution in [0.25, 0.3) is 0 Å². The van der Waals surface area contributed by atoms with Gasteiger partial charge in [0.1, 0.15) is 5.69 Å². The number of nitrogens with zero attached hydrogens (tertiary/aromatic N) is 4. The van der Waals surface area contributed by atoms with E-state index in [-0.39, 0.29) is 6.23 Å². The van der Waals surface area contributed by atoms with Gasteiger partial charge in [-0.2, -0.15) is 0 Å². The van der Waals surface area contributed by atoms with E-state index in [1.165, 1.54) is 5.56 Å². The van der Waals surface area contributed by atoms with Crippen LogP contribution >= 0.6 is 11.6 Å². The van der Waals surface area contributed by atoms with Gasteiger partial charge in [-0.15, -0.1) is 5.10 Å². The molecule has 3 aromatic rings. The van der Waals surface area contributed by atoms with Crippen molar-refractivity contribution in [1.29, 1.82) is 0 Å². The highest BCUT2D eigenvalue weighted by molar-refractivity contribution is 6.30. The van der Waals surface area contributed by atoms with Gasteiger partial charge in [0.25, 0.3) is 0 Å². The minimum atomic E-state index is -0.198. The fraction of sp³-hybridized carbons (Fsp3) is 0.263. The molecule has 0 saturated carbocycles. The van der Waals surface area contributed by atoms with E-state index in [0.717, 1.165) is 28.5 Å². The summed E-state index contributed by atoms with van der Waals surface area (Å²) in [6.07, 6.45) is 1.74. The van der Waals surface area contributed by atoms with Crippen molar-refractivity contribution in [2.24, 2.45) is 0 Å². The summed E-state index contributed by atoms with van der Waals surface area (Å²) in [5, 5.41) is 9.29. The third kappa shape index (κ3) is 3.52. The Balaban J connectivity index is 1.53. The topological polar surface area (TPSA) is 43.2 Å². The van der Waals surface area contributed by atoms with Crippen molar-refractivity contribution < 1.29 is 4.74 Å². The number of hydrogen-bond donors (Lipinski definition) is 0. The largest absolute Gasteiger partial charge is 0.350 e. The molecule has 1 aliphatic rings. The average Bonchev–Trinajstić information content (AvgIpc) is 3.24. The summed E-state index contributed by atoms with van der Waals surface area (Å²) in [4.78, 5) is 2.22. The van der Waals surface area contributed by atoms with Crippen molar-refractivity contribution in [3.63, 3.8) is 0 Å². The number of ether oxygens (including phenoxy) is 1. The smallest absolute Gasteiger partial charge is 0.177 e. The van der Waals surface area contributed by atoms with E-state index in [4.69, 9.17) is 16.3 Å². The highest BCUT2D eigenvalue weighted by atomic mass is 35.5. The quantitative estimate of drug-likeness (QED) is 0.714. The van der Waals surface area contributed by atoms with Gasteiger partial charge in [-0.25, -0.2) is 4.68 Å². The van der Waals surface area contributed by atoms with Gasteiger partial charge in [-0.1, -0.05) is 46.6 Å². The average molecular weight is 355 g/mol. The molecule has 0 bridgehead atoms. The first-order valence-electron chi connectivity index (χ1n) is 8.28. The maximum absolute atomic E-state index is 6.05. The van der Waals surface area contributed by atoms with Crippen LogP contribution in [0, 0.1) is 6.92 Å². The molecule has 1 saturated heterocycles. The molecule has 1 unspecified atom stereocenters. The van der Waals surface area contributed by atoms with E-state index < -0.39 is 0 Å². The minimum absolute atomic E-state index is 0.198. The number of aryl methyl sites for hydroxylation is 1. The van der Waals surface area contributed by atoms with E-state index >= 15 is 0 Å². The SMILES string of the molecule is Cc1ccc(N2CCOC2c2cn(Cc3cccc(Cl)c3)nn2)cc1. The summed E-state index contributed by atoms with van der Waals surface area (Å²) in [7, 11) is 0. The Hall–Kier alpha value is -2.37. The van der Waals surface area contributed by atoms with Crippen LogP contribution in [0.15, 0.2) is 54.7 Å². The van der Waals surface area contributed by atoms with Crippen LogP contribution in [0.4, 0.5) is 5.69 Å². The molecule has 1 aromatic heterocycles. The van der Waals surface area contributed by atoms with Gasteiger partial charge in [0, 0.05) is 17.3 Å². The maximum Gasteiger partial charge on any atom is 0.177 e. The highest BCUT2D eigenvalue weighted by Crippen LogP contribution is 2.31. The van der Waals surface area contributed by atoms with Crippen LogP contribution < -0.4 is 4.90 Å². The lowest BCUT2D eigenvalue weighted by Crippen LogP contribution is -2.23. The zero-order valence-corrected chi connectivity index (χ0v) is 14.7. The molecular formula is C19H19ClN4O. The zero-order chi connectivity index (χ0) is 17.2. The molecule has 0 amide bonds. The molecule has 6 heteroatoms. The molecule has 1 atom stereocenters. The lowest BCUT2D eigenvalue weighted by molar-refractivity contribution is 0.110. The van der Waals surface area contributed by atoms with Gasteiger partial charge in [0.05, 0.1) is 19.3 Å². The monoisotopic (exact) mass is 354 g/mol. The van der Waals surface area contributed by atoms with Crippen LogP contribution in [-0.2, 0) is 11.3 Å². The summed E-state index contributed by atoms with van der Waals surface area (Å²) in [6, 6.07) is 16.2. The first-order chi connectivity index (χ1) is 12.2. The van der Waals surface area contributed by atoms with E-state index in [0.29, 0.717) is 13.2 Å². The number of halogens is 1. The molecule has 5 nitrogen and oxygen atoms in total. The second-order valence-electron chi connectivity index (χ2n) is 6.22. The standard InChI is InChI=1S/C19H19ClN4O/c1-14-5-7-17(8-6-14)24-9-10-25-19(24)18-13-23(22-21-18)12-15-3-2-4-16(20)11-15/h2-8,11,13,19H,9-10,12H2,1H3. The number of hydrogen-bond acceptors (Lipinski definition) is 4. The first kappa shape index (κ1) is 16.1. The van der Waals surface area contributed by atoms with Gasteiger partial charge in [0.2, 0.25) is 0 Å². The summed E-state index contributed by atoms with van der Waals surface area (Å²) in [5.41, 5.74) is 4.29. The summed E-state index contributed by atoms with van der Waals surface area (Å²) >= 11 is 6.05. The van der Waals surface area contributed by atoms with Gasteiger partial charge < -0.3 is 9.64 Å². The van der Waals surface area contributed by atoms with Crippen LogP contribution in [0.3, 0.4) is 0 Å². The summed E-state index contributed by atoms with van der Waals surface area (Å²) < 4.78 is 7.72. The summed E-state index contributed by atoms with van der Waals surface area (Å²) in [5.74, 6) is 0. The van der Waals surface area contributed by atoms with Crippen molar-refractivity contribution >= 4 is 17.3 Å². The normalized spacial score (nSPS) is 17.2. The Morgan fingerprint density at radius 1 is 1.20 bits per heavy atom. The second kappa shape index (κ2) is 6.86. The predicted molar refractivity (Wildman–Crippen MR) is 97.8 cm³/mol. The van der Waals surface area contributed by atoms with E-state index in [9.17, 15) is 0 Å². The third-order valence-electron chi connectivity index (χ3n) is 4.30. The Labute approximate surface area is 151 Å². The van der Waals surface area contributed by atoms with Crippen LogP contribution in [0.2, 0.25) is 5.02 Å². The minimum Gasteiger partial charge on any atom is -0.350 e. The van der Waals surface area contributed by atoms with E-state index in [2.05, 4.69) is 46.4 Å². The number of rotatable bonds is 4. The Bertz CT molecular complexity index is 862. The lowest BCUT2D eigenvalue weighted by Gasteiger charge is -2.23. The molecule has 4 rings (SSSR count).